The van der Waals surface area contributed by atoms with Crippen LogP contribution in [0.4, 0.5) is 0 Å². The second-order valence-corrected chi connectivity index (χ2v) is 9.12. The van der Waals surface area contributed by atoms with Crippen molar-refractivity contribution < 1.29 is 14.7 Å². The maximum absolute atomic E-state index is 12.9. The van der Waals surface area contributed by atoms with E-state index in [9.17, 15) is 14.7 Å². The third kappa shape index (κ3) is 3.64. The highest BCUT2D eigenvalue weighted by Gasteiger charge is 2.59. The molecule has 4 rings (SSSR count). The van der Waals surface area contributed by atoms with Crippen molar-refractivity contribution in [1.82, 2.24) is 10.2 Å². The fraction of sp³-hybridized carbons (Fsp3) is 0.600. The second-order valence-electron chi connectivity index (χ2n) is 8.28. The Morgan fingerprint density at radius 1 is 1.26 bits per heavy atom. The van der Waals surface area contributed by atoms with Crippen molar-refractivity contribution in [2.45, 2.75) is 38.5 Å². The van der Waals surface area contributed by atoms with Gasteiger partial charge < -0.3 is 15.3 Å². The molecule has 5 nitrogen and oxygen atoms in total. The summed E-state index contributed by atoms with van der Waals surface area (Å²) >= 11 is 12.0. The molecule has 2 saturated carbocycles. The van der Waals surface area contributed by atoms with Crippen LogP contribution in [0.2, 0.25) is 10.0 Å². The van der Waals surface area contributed by atoms with Crippen LogP contribution in [0.5, 0.6) is 5.75 Å². The van der Waals surface area contributed by atoms with Gasteiger partial charge in [-0.15, -0.1) is 0 Å². The molecule has 1 saturated heterocycles. The highest BCUT2D eigenvalue weighted by atomic mass is 35.5. The predicted molar refractivity (Wildman–Crippen MR) is 104 cm³/mol. The average molecular weight is 411 g/mol. The van der Waals surface area contributed by atoms with Gasteiger partial charge in [0.1, 0.15) is 5.75 Å². The van der Waals surface area contributed by atoms with Gasteiger partial charge in [0, 0.05) is 36.0 Å². The van der Waals surface area contributed by atoms with Crippen LogP contribution in [-0.4, -0.2) is 41.5 Å². The zero-order chi connectivity index (χ0) is 19.2. The molecule has 3 fully saturated rings. The lowest BCUT2D eigenvalue weighted by Gasteiger charge is -2.34. The molecule has 2 amide bonds. The quantitative estimate of drug-likeness (QED) is 0.791. The molecule has 1 aliphatic heterocycles. The van der Waals surface area contributed by atoms with E-state index in [-0.39, 0.29) is 39.5 Å². The molecule has 1 aromatic rings. The minimum atomic E-state index is -0.281. The maximum atomic E-state index is 12.9. The van der Waals surface area contributed by atoms with Crippen molar-refractivity contribution in [1.29, 1.82) is 0 Å². The SMILES string of the molecule is O=C(NCC1CCC1)C1CC12CCCN(C(=O)c1cc(Cl)cc(Cl)c1O)C2. The van der Waals surface area contributed by atoms with Gasteiger partial charge in [-0.2, -0.15) is 0 Å². The number of likely N-dealkylation sites (tertiary alicyclic amines) is 1. The summed E-state index contributed by atoms with van der Waals surface area (Å²) in [6, 6.07) is 2.86. The number of nitrogens with zero attached hydrogens (tertiary/aromatic N) is 1. The van der Waals surface area contributed by atoms with E-state index in [1.807, 2.05) is 0 Å². The Morgan fingerprint density at radius 2 is 2.04 bits per heavy atom. The van der Waals surface area contributed by atoms with Gasteiger partial charge in [-0.3, -0.25) is 9.59 Å². The Balaban J connectivity index is 1.41. The van der Waals surface area contributed by atoms with Gasteiger partial charge in [0.2, 0.25) is 5.91 Å². The first-order valence-electron chi connectivity index (χ1n) is 9.65. The van der Waals surface area contributed by atoms with Crippen LogP contribution in [-0.2, 0) is 4.79 Å². The van der Waals surface area contributed by atoms with Gasteiger partial charge in [0.15, 0.2) is 0 Å². The number of benzene rings is 1. The number of carbonyl (C=O) groups excluding carboxylic acids is 2. The molecule has 2 N–H and O–H groups in total. The number of phenolic OH excluding ortho intramolecular Hbond substituents is 1. The molecule has 2 aliphatic carbocycles. The minimum absolute atomic E-state index is 0.00952. The number of halogens is 2. The first kappa shape index (κ1) is 18.9. The first-order chi connectivity index (χ1) is 12.9. The Bertz CT molecular complexity index is 781. The smallest absolute Gasteiger partial charge is 0.257 e. The van der Waals surface area contributed by atoms with E-state index in [1.165, 1.54) is 31.4 Å². The molecule has 7 heteroatoms. The lowest BCUT2D eigenvalue weighted by molar-refractivity contribution is -0.123. The molecule has 0 radical (unpaired) electrons. The molecular weight excluding hydrogens is 387 g/mol. The largest absolute Gasteiger partial charge is 0.506 e. The number of hydrogen-bond donors (Lipinski definition) is 2. The normalized spacial score (nSPS) is 27.3. The van der Waals surface area contributed by atoms with E-state index >= 15 is 0 Å². The zero-order valence-electron chi connectivity index (χ0n) is 15.1. The number of rotatable bonds is 4. The number of aromatic hydroxyl groups is 1. The Hall–Kier alpha value is -1.46. The van der Waals surface area contributed by atoms with Crippen molar-refractivity contribution in [2.75, 3.05) is 19.6 Å². The van der Waals surface area contributed by atoms with Crippen LogP contribution in [0, 0.1) is 17.3 Å². The van der Waals surface area contributed by atoms with E-state index in [0.717, 1.165) is 25.8 Å². The van der Waals surface area contributed by atoms with E-state index in [2.05, 4.69) is 5.32 Å². The van der Waals surface area contributed by atoms with Gasteiger partial charge in [-0.1, -0.05) is 29.6 Å². The summed E-state index contributed by atoms with van der Waals surface area (Å²) in [6.07, 6.45) is 6.34. The van der Waals surface area contributed by atoms with Gasteiger partial charge in [-0.05, 0) is 50.2 Å². The van der Waals surface area contributed by atoms with Crippen LogP contribution in [0.3, 0.4) is 0 Å². The molecule has 3 aliphatic rings. The van der Waals surface area contributed by atoms with Gasteiger partial charge in [-0.25, -0.2) is 0 Å². The summed E-state index contributed by atoms with van der Waals surface area (Å²) in [5.74, 6) is 0.242. The standard InChI is InChI=1S/C20H24Cl2N2O3/c21-13-7-14(17(25)16(22)8-13)19(27)24-6-2-5-20(11-24)9-15(20)18(26)23-10-12-3-1-4-12/h7-8,12,15,25H,1-6,9-11H2,(H,23,26). The fourth-order valence-corrected chi connectivity index (χ4v) is 4.96. The summed E-state index contributed by atoms with van der Waals surface area (Å²) in [5, 5.41) is 13.6. The van der Waals surface area contributed by atoms with Crippen LogP contribution in [0.1, 0.15) is 48.9 Å². The van der Waals surface area contributed by atoms with Crippen molar-refractivity contribution >= 4 is 35.0 Å². The number of nitrogens with one attached hydrogen (secondary N) is 1. The van der Waals surface area contributed by atoms with E-state index in [0.29, 0.717) is 24.0 Å². The summed E-state index contributed by atoms with van der Waals surface area (Å²) in [5.41, 5.74) is 0.00599. The second kappa shape index (κ2) is 7.17. The van der Waals surface area contributed by atoms with Crippen molar-refractivity contribution in [3.8, 4) is 5.75 Å². The molecule has 0 bridgehead atoms. The molecule has 1 aromatic carbocycles. The number of carbonyl (C=O) groups is 2. The average Bonchev–Trinajstić information content (AvgIpc) is 3.29. The number of amides is 2. The van der Waals surface area contributed by atoms with E-state index in [1.54, 1.807) is 4.90 Å². The topological polar surface area (TPSA) is 69.6 Å². The molecule has 1 spiro atoms. The molecule has 1 heterocycles. The molecular formula is C20H24Cl2N2O3. The third-order valence-corrected chi connectivity index (χ3v) is 6.96. The Kier molecular flexibility index (Phi) is 5.02. The number of phenols is 1. The van der Waals surface area contributed by atoms with Crippen molar-refractivity contribution in [2.24, 2.45) is 17.3 Å². The van der Waals surface area contributed by atoms with Crippen molar-refractivity contribution in [3.63, 3.8) is 0 Å². The van der Waals surface area contributed by atoms with Gasteiger partial charge in [0.25, 0.3) is 5.91 Å². The van der Waals surface area contributed by atoms with Crippen LogP contribution in [0.15, 0.2) is 12.1 Å². The monoisotopic (exact) mass is 410 g/mol. The molecule has 27 heavy (non-hydrogen) atoms. The summed E-state index contributed by atoms with van der Waals surface area (Å²) in [7, 11) is 0. The van der Waals surface area contributed by atoms with Crippen LogP contribution in [0.25, 0.3) is 0 Å². The zero-order valence-corrected chi connectivity index (χ0v) is 16.7. The number of hydrogen-bond acceptors (Lipinski definition) is 3. The summed E-state index contributed by atoms with van der Waals surface area (Å²) in [6.45, 7) is 1.93. The molecule has 146 valence electrons. The summed E-state index contributed by atoms with van der Waals surface area (Å²) in [4.78, 5) is 27.2. The highest BCUT2D eigenvalue weighted by Crippen LogP contribution is 2.58. The third-order valence-electron chi connectivity index (χ3n) is 6.45. The maximum Gasteiger partial charge on any atom is 0.257 e. The minimum Gasteiger partial charge on any atom is -0.506 e. The van der Waals surface area contributed by atoms with Crippen molar-refractivity contribution in [3.05, 3.63) is 27.7 Å². The predicted octanol–water partition coefficient (Wildman–Crippen LogP) is 3.86. The highest BCUT2D eigenvalue weighted by molar-refractivity contribution is 6.36. The molecule has 2 atom stereocenters. The Labute approximate surface area is 169 Å². The van der Waals surface area contributed by atoms with E-state index in [4.69, 9.17) is 23.2 Å². The Morgan fingerprint density at radius 3 is 2.74 bits per heavy atom. The van der Waals surface area contributed by atoms with Crippen LogP contribution < -0.4 is 5.32 Å². The summed E-state index contributed by atoms with van der Waals surface area (Å²) < 4.78 is 0. The van der Waals surface area contributed by atoms with E-state index < -0.39 is 0 Å². The van der Waals surface area contributed by atoms with Crippen LogP contribution >= 0.6 is 23.2 Å². The first-order valence-corrected chi connectivity index (χ1v) is 10.4. The van der Waals surface area contributed by atoms with Gasteiger partial charge >= 0.3 is 0 Å². The van der Waals surface area contributed by atoms with Gasteiger partial charge in [0.05, 0.1) is 10.6 Å². The lowest BCUT2D eigenvalue weighted by Crippen LogP contribution is -2.43. The molecule has 2 unspecified atom stereocenters. The lowest BCUT2D eigenvalue weighted by atomic mass is 9.85. The molecule has 0 aromatic heterocycles. The number of piperidine rings is 1. The fourth-order valence-electron chi connectivity index (χ4n) is 4.47.